The van der Waals surface area contributed by atoms with Gasteiger partial charge in [-0.3, -0.25) is 4.79 Å². The molecular formula is C11H12FNO4. The molecule has 1 aromatic carbocycles. The van der Waals surface area contributed by atoms with Gasteiger partial charge in [0.25, 0.3) is 0 Å². The maximum absolute atomic E-state index is 13.0. The highest BCUT2D eigenvalue weighted by Crippen LogP contribution is 2.13. The van der Waals surface area contributed by atoms with Gasteiger partial charge < -0.3 is 15.6 Å². The molecule has 1 atom stereocenters. The predicted molar refractivity (Wildman–Crippen MR) is 57.1 cm³/mol. The number of halogens is 1. The number of esters is 1. The standard InChI is InChI=1S/C11H12FNO4/c1-17-11(16)9(13)5-6-4-7(12)2-3-8(6)10(14)15/h2-4,9H,5,13H2,1H3,(H,14,15)/t9-/m0/s1. The number of methoxy groups -OCH3 is 1. The van der Waals surface area contributed by atoms with E-state index in [0.29, 0.717) is 0 Å². The smallest absolute Gasteiger partial charge is 0.335 e. The highest BCUT2D eigenvalue weighted by atomic mass is 19.1. The van der Waals surface area contributed by atoms with Gasteiger partial charge >= 0.3 is 11.9 Å². The predicted octanol–water partition coefficient (Wildman–Crippen LogP) is 0.567. The molecule has 0 aliphatic heterocycles. The van der Waals surface area contributed by atoms with E-state index in [2.05, 4.69) is 4.74 Å². The molecule has 0 aliphatic rings. The lowest BCUT2D eigenvalue weighted by Crippen LogP contribution is -2.34. The van der Waals surface area contributed by atoms with Crippen molar-refractivity contribution in [2.45, 2.75) is 12.5 Å². The van der Waals surface area contributed by atoms with E-state index in [1.54, 1.807) is 0 Å². The van der Waals surface area contributed by atoms with E-state index in [0.717, 1.165) is 18.2 Å². The van der Waals surface area contributed by atoms with Crippen LogP contribution in [0, 0.1) is 5.82 Å². The SMILES string of the molecule is COC(=O)[C@@H](N)Cc1cc(F)ccc1C(=O)O. The van der Waals surface area contributed by atoms with Gasteiger partial charge in [0.1, 0.15) is 11.9 Å². The van der Waals surface area contributed by atoms with Crippen LogP contribution in [0.4, 0.5) is 4.39 Å². The maximum atomic E-state index is 13.0. The molecule has 0 radical (unpaired) electrons. The summed E-state index contributed by atoms with van der Waals surface area (Å²) in [6, 6.07) is 2.21. The maximum Gasteiger partial charge on any atom is 0.335 e. The zero-order valence-corrected chi connectivity index (χ0v) is 9.14. The van der Waals surface area contributed by atoms with Crippen LogP contribution in [-0.4, -0.2) is 30.2 Å². The lowest BCUT2D eigenvalue weighted by Gasteiger charge is -2.11. The molecule has 0 bridgehead atoms. The van der Waals surface area contributed by atoms with Crippen molar-refractivity contribution in [3.8, 4) is 0 Å². The van der Waals surface area contributed by atoms with Gasteiger partial charge in [-0.15, -0.1) is 0 Å². The van der Waals surface area contributed by atoms with Crippen LogP contribution < -0.4 is 5.73 Å². The summed E-state index contributed by atoms with van der Waals surface area (Å²) < 4.78 is 17.4. The average molecular weight is 241 g/mol. The number of carbonyl (C=O) groups is 2. The van der Waals surface area contributed by atoms with Gasteiger partial charge in [-0.2, -0.15) is 0 Å². The minimum absolute atomic E-state index is 0.0780. The number of hydrogen-bond donors (Lipinski definition) is 2. The van der Waals surface area contributed by atoms with E-state index < -0.39 is 23.8 Å². The van der Waals surface area contributed by atoms with Crippen molar-refractivity contribution >= 4 is 11.9 Å². The third-order valence-corrected chi connectivity index (χ3v) is 2.24. The summed E-state index contributed by atoms with van der Waals surface area (Å²) in [6.07, 6.45) is -0.0912. The number of carboxylic acids is 1. The number of carbonyl (C=O) groups excluding carboxylic acids is 1. The molecule has 0 spiro atoms. The second-order valence-electron chi connectivity index (χ2n) is 3.44. The number of ether oxygens (including phenoxy) is 1. The van der Waals surface area contributed by atoms with Gasteiger partial charge in [-0.25, -0.2) is 9.18 Å². The molecule has 0 amide bonds. The Hall–Kier alpha value is -1.95. The third-order valence-electron chi connectivity index (χ3n) is 2.24. The van der Waals surface area contributed by atoms with Gasteiger partial charge in [0.15, 0.2) is 0 Å². The summed E-state index contributed by atoms with van der Waals surface area (Å²) in [5, 5.41) is 8.89. The number of benzene rings is 1. The Morgan fingerprint density at radius 3 is 2.71 bits per heavy atom. The topological polar surface area (TPSA) is 89.6 Å². The molecule has 92 valence electrons. The summed E-state index contributed by atoms with van der Waals surface area (Å²) in [7, 11) is 1.17. The Morgan fingerprint density at radius 2 is 2.18 bits per heavy atom. The zero-order chi connectivity index (χ0) is 13.0. The van der Waals surface area contributed by atoms with Gasteiger partial charge in [0, 0.05) is 0 Å². The first-order chi connectivity index (χ1) is 7.95. The van der Waals surface area contributed by atoms with Crippen LogP contribution in [0.5, 0.6) is 0 Å². The van der Waals surface area contributed by atoms with Gasteiger partial charge in [-0.1, -0.05) is 0 Å². The van der Waals surface area contributed by atoms with Gasteiger partial charge in [-0.05, 0) is 30.2 Å². The third kappa shape index (κ3) is 3.25. The number of aromatic carboxylic acids is 1. The quantitative estimate of drug-likeness (QED) is 0.752. The van der Waals surface area contributed by atoms with Crippen LogP contribution in [0.15, 0.2) is 18.2 Å². The Kier molecular flexibility index (Phi) is 4.17. The van der Waals surface area contributed by atoms with Crippen LogP contribution in [0.2, 0.25) is 0 Å². The number of nitrogens with two attached hydrogens (primary N) is 1. The largest absolute Gasteiger partial charge is 0.478 e. The molecule has 5 nitrogen and oxygen atoms in total. The summed E-state index contributed by atoms with van der Waals surface area (Å²) in [4.78, 5) is 22.0. The first-order valence-electron chi connectivity index (χ1n) is 4.81. The molecule has 0 aromatic heterocycles. The van der Waals surface area contributed by atoms with Crippen molar-refractivity contribution in [2.75, 3.05) is 7.11 Å². The first-order valence-corrected chi connectivity index (χ1v) is 4.81. The van der Waals surface area contributed by atoms with Gasteiger partial charge in [0.2, 0.25) is 0 Å². The van der Waals surface area contributed by atoms with Crippen molar-refractivity contribution in [3.05, 3.63) is 35.1 Å². The Morgan fingerprint density at radius 1 is 1.53 bits per heavy atom. The second kappa shape index (κ2) is 5.40. The minimum Gasteiger partial charge on any atom is -0.478 e. The summed E-state index contributed by atoms with van der Waals surface area (Å²) in [5.41, 5.74) is 5.57. The molecule has 0 saturated heterocycles. The van der Waals surface area contributed by atoms with E-state index in [1.807, 2.05) is 0 Å². The molecule has 1 rings (SSSR count). The summed E-state index contributed by atoms with van der Waals surface area (Å²) in [6.45, 7) is 0. The highest BCUT2D eigenvalue weighted by molar-refractivity contribution is 5.89. The van der Waals surface area contributed by atoms with E-state index in [1.165, 1.54) is 7.11 Å². The normalized spacial score (nSPS) is 11.9. The summed E-state index contributed by atoms with van der Waals surface area (Å²) >= 11 is 0. The van der Waals surface area contributed by atoms with E-state index >= 15 is 0 Å². The lowest BCUT2D eigenvalue weighted by atomic mass is 10.0. The van der Waals surface area contributed by atoms with E-state index in [9.17, 15) is 14.0 Å². The van der Waals surface area contributed by atoms with Crippen LogP contribution in [0.3, 0.4) is 0 Å². The molecule has 17 heavy (non-hydrogen) atoms. The summed E-state index contributed by atoms with van der Waals surface area (Å²) in [5.74, 6) is -2.45. The second-order valence-corrected chi connectivity index (χ2v) is 3.44. The van der Waals surface area contributed by atoms with Crippen LogP contribution in [0.1, 0.15) is 15.9 Å². The number of carboxylic acid groups (broad SMARTS) is 1. The Balaban J connectivity index is 3.00. The fourth-order valence-electron chi connectivity index (χ4n) is 1.41. The Labute approximate surface area is 97.0 Å². The van der Waals surface area contributed by atoms with Crippen LogP contribution >= 0.6 is 0 Å². The zero-order valence-electron chi connectivity index (χ0n) is 9.14. The van der Waals surface area contributed by atoms with Crippen molar-refractivity contribution in [1.82, 2.24) is 0 Å². The minimum atomic E-state index is -1.20. The highest BCUT2D eigenvalue weighted by Gasteiger charge is 2.19. The first kappa shape index (κ1) is 13.1. The van der Waals surface area contributed by atoms with Crippen molar-refractivity contribution < 1.29 is 23.8 Å². The van der Waals surface area contributed by atoms with Crippen LogP contribution in [-0.2, 0) is 16.0 Å². The van der Waals surface area contributed by atoms with Crippen molar-refractivity contribution in [1.29, 1.82) is 0 Å². The van der Waals surface area contributed by atoms with E-state index in [4.69, 9.17) is 10.8 Å². The molecule has 0 aliphatic carbocycles. The number of rotatable bonds is 4. The molecular weight excluding hydrogens is 229 g/mol. The fraction of sp³-hybridized carbons (Fsp3) is 0.273. The molecule has 6 heteroatoms. The molecule has 0 heterocycles. The average Bonchev–Trinajstić information content (AvgIpc) is 2.27. The molecule has 0 fully saturated rings. The fourth-order valence-corrected chi connectivity index (χ4v) is 1.41. The van der Waals surface area contributed by atoms with Gasteiger partial charge in [0.05, 0.1) is 12.7 Å². The van der Waals surface area contributed by atoms with E-state index in [-0.39, 0.29) is 17.5 Å². The molecule has 3 N–H and O–H groups in total. The van der Waals surface area contributed by atoms with Crippen LogP contribution in [0.25, 0.3) is 0 Å². The monoisotopic (exact) mass is 241 g/mol. The Bertz CT molecular complexity index is 447. The lowest BCUT2D eigenvalue weighted by molar-refractivity contribution is -0.142. The molecule has 0 saturated carbocycles. The van der Waals surface area contributed by atoms with Crippen molar-refractivity contribution in [2.24, 2.45) is 5.73 Å². The molecule has 0 unspecified atom stereocenters. The molecule has 1 aromatic rings. The van der Waals surface area contributed by atoms with Crippen molar-refractivity contribution in [3.63, 3.8) is 0 Å². The number of hydrogen-bond acceptors (Lipinski definition) is 4.